The molecule has 1 aliphatic rings. The normalized spacial score (nSPS) is 19.6. The van der Waals surface area contributed by atoms with E-state index in [1.165, 1.54) is 0 Å². The van der Waals surface area contributed by atoms with Gasteiger partial charge in [0.25, 0.3) is 7.41 Å². The minimum atomic E-state index is 0.372. The topological polar surface area (TPSA) is 50.4 Å². The van der Waals surface area contributed by atoms with Crippen LogP contribution in [-0.4, -0.2) is 32.9 Å². The van der Waals surface area contributed by atoms with Crippen LogP contribution >= 0.6 is 0 Å². The van der Waals surface area contributed by atoms with Gasteiger partial charge in [0, 0.05) is 19.3 Å². The Morgan fingerprint density at radius 3 is 2.82 bits per heavy atom. The van der Waals surface area contributed by atoms with Crippen molar-refractivity contribution >= 4 is 13.6 Å². The molecule has 0 aromatic carbocycles. The fraction of sp³-hybridized carbons (Fsp3) is 0.833. The summed E-state index contributed by atoms with van der Waals surface area (Å²) in [5.74, 6) is 0. The molecule has 62 valence electrons. The molecule has 0 spiro atoms. The van der Waals surface area contributed by atoms with Gasteiger partial charge in [-0.2, -0.15) is 0 Å². The minimum Gasteiger partial charge on any atom is -0.381 e. The molecule has 0 aliphatic carbocycles. The smallest absolute Gasteiger partial charge is 0.292 e. The number of hydrazine groups is 1. The van der Waals surface area contributed by atoms with Gasteiger partial charge in [0.2, 0.25) is 0 Å². The van der Waals surface area contributed by atoms with Crippen LogP contribution in [0.2, 0.25) is 0 Å². The van der Waals surface area contributed by atoms with Crippen LogP contribution < -0.4 is 10.8 Å². The number of ether oxygens (including phenoxy) is 1. The summed E-state index contributed by atoms with van der Waals surface area (Å²) in [7, 11) is 0.372. The van der Waals surface area contributed by atoms with Crippen molar-refractivity contribution in [1.29, 1.82) is 0 Å². The highest BCUT2D eigenvalue weighted by atomic mass is 16.5. The van der Waals surface area contributed by atoms with E-state index in [9.17, 15) is 4.79 Å². The van der Waals surface area contributed by atoms with E-state index in [4.69, 9.17) is 4.74 Å². The molecule has 1 rings (SSSR count). The lowest BCUT2D eigenvalue weighted by Gasteiger charge is -2.22. The van der Waals surface area contributed by atoms with E-state index in [1.807, 2.05) is 0 Å². The zero-order valence-electron chi connectivity index (χ0n) is 6.51. The first kappa shape index (κ1) is 8.71. The highest BCUT2D eigenvalue weighted by molar-refractivity contribution is 6.64. The average molecular weight is 156 g/mol. The molecular formula is C6H13BN2O2. The molecule has 1 saturated heterocycles. The summed E-state index contributed by atoms with van der Waals surface area (Å²) < 4.78 is 5.17. The molecule has 1 heterocycles. The Morgan fingerprint density at radius 1 is 1.45 bits per heavy atom. The lowest BCUT2D eigenvalue weighted by molar-refractivity contribution is 0.0766. The van der Waals surface area contributed by atoms with Crippen molar-refractivity contribution in [2.75, 3.05) is 13.2 Å². The summed E-state index contributed by atoms with van der Waals surface area (Å²) in [6, 6.07) is 0.462. The van der Waals surface area contributed by atoms with Gasteiger partial charge in [-0.3, -0.25) is 10.8 Å². The number of nitrogens with one attached hydrogen (secondary N) is 2. The molecular weight excluding hydrogens is 143 g/mol. The van der Waals surface area contributed by atoms with Gasteiger partial charge in [0.05, 0.1) is 6.19 Å². The van der Waals surface area contributed by atoms with Crippen LogP contribution in [0.25, 0.3) is 0 Å². The van der Waals surface area contributed by atoms with E-state index in [2.05, 4.69) is 10.8 Å². The van der Waals surface area contributed by atoms with Crippen LogP contribution in [0, 0.1) is 0 Å². The van der Waals surface area contributed by atoms with E-state index < -0.39 is 0 Å². The van der Waals surface area contributed by atoms with Gasteiger partial charge in [-0.1, -0.05) is 0 Å². The molecule has 0 aromatic heterocycles. The Morgan fingerprint density at radius 2 is 2.18 bits per heavy atom. The number of hydrogen-bond donors (Lipinski definition) is 2. The van der Waals surface area contributed by atoms with E-state index in [-0.39, 0.29) is 0 Å². The molecule has 0 unspecified atom stereocenters. The minimum absolute atomic E-state index is 0.372. The Hall–Kier alpha value is -0.385. The maximum atomic E-state index is 9.92. The van der Waals surface area contributed by atoms with Gasteiger partial charge in [-0.25, -0.2) is 0 Å². The second-order valence-electron chi connectivity index (χ2n) is 2.58. The van der Waals surface area contributed by atoms with E-state index in [1.54, 1.807) is 0 Å². The van der Waals surface area contributed by atoms with Crippen LogP contribution in [0.4, 0.5) is 0 Å². The van der Waals surface area contributed by atoms with Crippen LogP contribution in [0.3, 0.4) is 0 Å². The lowest BCUT2D eigenvalue weighted by Crippen LogP contribution is -2.45. The largest absolute Gasteiger partial charge is 0.381 e. The van der Waals surface area contributed by atoms with Gasteiger partial charge in [-0.05, 0) is 12.8 Å². The first-order valence-corrected chi connectivity index (χ1v) is 3.93. The molecule has 0 aromatic rings. The van der Waals surface area contributed by atoms with Crippen LogP contribution in [0.5, 0.6) is 0 Å². The summed E-state index contributed by atoms with van der Waals surface area (Å²) in [6.07, 6.45) is 2.88. The van der Waals surface area contributed by atoms with Crippen LogP contribution in [-0.2, 0) is 9.53 Å². The summed E-state index contributed by atoms with van der Waals surface area (Å²) >= 11 is 0. The SMILES string of the molecule is O=CBNNC1CCOCC1. The van der Waals surface area contributed by atoms with Crippen molar-refractivity contribution in [2.45, 2.75) is 18.9 Å². The molecule has 4 nitrogen and oxygen atoms in total. The second-order valence-corrected chi connectivity index (χ2v) is 2.58. The van der Waals surface area contributed by atoms with Crippen LogP contribution in [0.1, 0.15) is 12.8 Å². The number of carbonyl (C=O) groups is 1. The molecule has 0 amide bonds. The summed E-state index contributed by atoms with van der Waals surface area (Å²) in [5, 5.41) is 2.83. The van der Waals surface area contributed by atoms with Gasteiger partial charge in [0.15, 0.2) is 0 Å². The Balaban J connectivity index is 2.00. The highest BCUT2D eigenvalue weighted by Gasteiger charge is 2.11. The van der Waals surface area contributed by atoms with Crippen molar-refractivity contribution in [1.82, 2.24) is 10.8 Å². The zero-order valence-corrected chi connectivity index (χ0v) is 6.51. The molecule has 0 saturated carbocycles. The van der Waals surface area contributed by atoms with E-state index in [0.717, 1.165) is 32.2 Å². The third-order valence-electron chi connectivity index (χ3n) is 1.71. The zero-order chi connectivity index (χ0) is 7.94. The Kier molecular flexibility index (Phi) is 4.19. The monoisotopic (exact) mass is 156 g/mol. The van der Waals surface area contributed by atoms with E-state index in [0.29, 0.717) is 13.5 Å². The van der Waals surface area contributed by atoms with Gasteiger partial charge >= 0.3 is 0 Å². The number of hydrogen-bond acceptors (Lipinski definition) is 4. The van der Waals surface area contributed by atoms with E-state index >= 15 is 0 Å². The van der Waals surface area contributed by atoms with Crippen molar-refractivity contribution in [3.63, 3.8) is 0 Å². The predicted octanol–water partition coefficient (Wildman–Crippen LogP) is -1.20. The van der Waals surface area contributed by atoms with Crippen molar-refractivity contribution < 1.29 is 9.53 Å². The highest BCUT2D eigenvalue weighted by Crippen LogP contribution is 2.04. The molecule has 0 radical (unpaired) electrons. The standard InChI is InChI=1S/C6H13BN2O2/c10-5-7-9-8-6-1-3-11-4-2-6/h5-9H,1-4H2. The summed E-state index contributed by atoms with van der Waals surface area (Å²) in [6.45, 7) is 1.64. The fourth-order valence-corrected chi connectivity index (χ4v) is 1.09. The molecule has 1 aliphatic heterocycles. The fourth-order valence-electron chi connectivity index (χ4n) is 1.09. The van der Waals surface area contributed by atoms with Crippen molar-refractivity contribution in [3.8, 4) is 0 Å². The molecule has 2 N–H and O–H groups in total. The van der Waals surface area contributed by atoms with Crippen LogP contribution in [0.15, 0.2) is 0 Å². The molecule has 0 atom stereocenters. The summed E-state index contributed by atoms with van der Waals surface area (Å²) in [5.41, 5.74) is 3.06. The van der Waals surface area contributed by atoms with Crippen molar-refractivity contribution in [3.05, 3.63) is 0 Å². The Labute approximate surface area is 66.9 Å². The summed E-state index contributed by atoms with van der Waals surface area (Å²) in [4.78, 5) is 9.92. The quantitative estimate of drug-likeness (QED) is 0.232. The Bertz CT molecular complexity index is 117. The molecule has 11 heavy (non-hydrogen) atoms. The third-order valence-corrected chi connectivity index (χ3v) is 1.71. The van der Waals surface area contributed by atoms with Gasteiger partial charge in [0.1, 0.15) is 0 Å². The predicted molar refractivity (Wildman–Crippen MR) is 44.0 cm³/mol. The first-order valence-electron chi connectivity index (χ1n) is 3.93. The molecule has 5 heteroatoms. The second kappa shape index (κ2) is 5.29. The molecule has 1 fully saturated rings. The molecule has 0 bridgehead atoms. The van der Waals surface area contributed by atoms with Crippen molar-refractivity contribution in [2.24, 2.45) is 0 Å². The number of carbonyl (C=O) groups excluding carboxylic acids is 1. The third kappa shape index (κ3) is 3.50. The number of rotatable bonds is 4. The van der Waals surface area contributed by atoms with Gasteiger partial charge < -0.3 is 9.53 Å². The average Bonchev–Trinajstić information content (AvgIpc) is 2.07. The van der Waals surface area contributed by atoms with Gasteiger partial charge in [-0.15, -0.1) is 0 Å². The first-order chi connectivity index (χ1) is 5.43. The maximum Gasteiger partial charge on any atom is 0.292 e. The maximum absolute atomic E-state index is 9.92. The lowest BCUT2D eigenvalue weighted by atomic mass is 10.0.